The molecule has 0 unspecified atom stereocenters. The summed E-state index contributed by atoms with van der Waals surface area (Å²) in [6.45, 7) is 11.2. The molecular weight excluding hydrogens is 356 g/mol. The zero-order valence-electron chi connectivity index (χ0n) is 17.0. The smallest absolute Gasteiger partial charge is 0.329 e. The van der Waals surface area contributed by atoms with Gasteiger partial charge in [0, 0.05) is 23.7 Å². The Balaban J connectivity index is 1.63. The number of benzene rings is 1. The molecule has 0 fully saturated rings. The molecule has 1 aromatic carbocycles. The number of carbonyl (C=O) groups excluding carboxylic acids is 2. The van der Waals surface area contributed by atoms with Crippen LogP contribution in [0.15, 0.2) is 24.3 Å². The van der Waals surface area contributed by atoms with Gasteiger partial charge in [-0.2, -0.15) is 5.10 Å². The standard InChI is InChI=1S/C20H28N6O2/c1-12(2)21-19(28)25-26-10-15-16(11-26)23-24-17(15)22-18(27)13-6-8-14(9-7-13)20(3,4)5/h6-9,12H,10-11H2,1-5H3,(H2,21,25,28)(H2,22,23,24,27). The van der Waals surface area contributed by atoms with Crippen LogP contribution in [0.4, 0.5) is 10.6 Å². The van der Waals surface area contributed by atoms with Crippen LogP contribution in [0.3, 0.4) is 0 Å². The van der Waals surface area contributed by atoms with Crippen LogP contribution in [0, 0.1) is 0 Å². The molecule has 0 bridgehead atoms. The summed E-state index contributed by atoms with van der Waals surface area (Å²) in [5, 5.41) is 14.6. The highest BCUT2D eigenvalue weighted by Crippen LogP contribution is 2.26. The largest absolute Gasteiger partial charge is 0.335 e. The number of fused-ring (bicyclic) bond motifs is 1. The lowest BCUT2D eigenvalue weighted by atomic mass is 9.87. The Hall–Kier alpha value is -2.87. The Morgan fingerprint density at radius 2 is 1.82 bits per heavy atom. The molecule has 2 aromatic rings. The number of nitrogens with zero attached hydrogens (tertiary/aromatic N) is 2. The summed E-state index contributed by atoms with van der Waals surface area (Å²) >= 11 is 0. The van der Waals surface area contributed by atoms with Gasteiger partial charge in [-0.3, -0.25) is 15.3 Å². The van der Waals surface area contributed by atoms with Crippen molar-refractivity contribution in [2.75, 3.05) is 5.32 Å². The van der Waals surface area contributed by atoms with E-state index in [1.807, 2.05) is 38.1 Å². The summed E-state index contributed by atoms with van der Waals surface area (Å²) in [6.07, 6.45) is 0. The summed E-state index contributed by atoms with van der Waals surface area (Å²) < 4.78 is 0. The van der Waals surface area contributed by atoms with Crippen molar-refractivity contribution in [3.63, 3.8) is 0 Å². The van der Waals surface area contributed by atoms with Gasteiger partial charge in [-0.1, -0.05) is 32.9 Å². The molecule has 8 nitrogen and oxygen atoms in total. The van der Waals surface area contributed by atoms with Crippen LogP contribution in [-0.4, -0.2) is 33.2 Å². The summed E-state index contributed by atoms with van der Waals surface area (Å²) in [7, 11) is 0. The fraction of sp³-hybridized carbons (Fsp3) is 0.450. The molecule has 150 valence electrons. The second-order valence-corrected chi connectivity index (χ2v) is 8.40. The van der Waals surface area contributed by atoms with E-state index in [0.29, 0.717) is 24.5 Å². The number of hydrogen-bond donors (Lipinski definition) is 4. The van der Waals surface area contributed by atoms with Gasteiger partial charge in [0.15, 0.2) is 0 Å². The minimum absolute atomic E-state index is 0.0392. The van der Waals surface area contributed by atoms with E-state index >= 15 is 0 Å². The number of aromatic nitrogens is 2. The van der Waals surface area contributed by atoms with Crippen LogP contribution < -0.4 is 16.1 Å². The van der Waals surface area contributed by atoms with E-state index in [1.54, 1.807) is 5.01 Å². The maximum atomic E-state index is 12.6. The fourth-order valence-corrected chi connectivity index (χ4v) is 3.06. The molecule has 4 N–H and O–H groups in total. The van der Waals surface area contributed by atoms with Crippen molar-refractivity contribution in [1.82, 2.24) is 25.9 Å². The molecule has 1 aliphatic heterocycles. The highest BCUT2D eigenvalue weighted by molar-refractivity contribution is 6.04. The second-order valence-electron chi connectivity index (χ2n) is 8.40. The first kappa shape index (κ1) is 19.9. The van der Waals surface area contributed by atoms with Crippen molar-refractivity contribution in [1.29, 1.82) is 0 Å². The third kappa shape index (κ3) is 4.51. The lowest BCUT2D eigenvalue weighted by Crippen LogP contribution is -2.46. The van der Waals surface area contributed by atoms with E-state index in [-0.39, 0.29) is 23.4 Å². The van der Waals surface area contributed by atoms with E-state index in [1.165, 1.54) is 5.56 Å². The van der Waals surface area contributed by atoms with Crippen LogP contribution in [0.1, 0.15) is 61.8 Å². The van der Waals surface area contributed by atoms with Gasteiger partial charge in [0.2, 0.25) is 0 Å². The number of aromatic amines is 1. The van der Waals surface area contributed by atoms with Gasteiger partial charge >= 0.3 is 6.03 Å². The zero-order valence-corrected chi connectivity index (χ0v) is 17.0. The van der Waals surface area contributed by atoms with Gasteiger partial charge in [-0.25, -0.2) is 9.80 Å². The molecule has 3 rings (SSSR count). The Morgan fingerprint density at radius 1 is 1.14 bits per heavy atom. The number of carbonyl (C=O) groups is 2. The van der Waals surface area contributed by atoms with Crippen LogP contribution in [0.2, 0.25) is 0 Å². The Labute approximate surface area is 165 Å². The molecule has 28 heavy (non-hydrogen) atoms. The normalized spacial score (nSPS) is 14.1. The molecule has 0 saturated carbocycles. The Morgan fingerprint density at radius 3 is 2.43 bits per heavy atom. The lowest BCUT2D eigenvalue weighted by Gasteiger charge is -2.19. The van der Waals surface area contributed by atoms with Gasteiger partial charge in [0.25, 0.3) is 5.91 Å². The van der Waals surface area contributed by atoms with E-state index in [0.717, 1.165) is 11.3 Å². The molecule has 3 amide bonds. The topological polar surface area (TPSA) is 102 Å². The number of amides is 3. The molecular formula is C20H28N6O2. The van der Waals surface area contributed by atoms with Crippen molar-refractivity contribution in [3.8, 4) is 0 Å². The first-order chi connectivity index (χ1) is 13.1. The predicted octanol–water partition coefficient (Wildman–Crippen LogP) is 2.90. The molecule has 8 heteroatoms. The Kier molecular flexibility index (Phi) is 5.42. The number of hydrazine groups is 1. The minimum atomic E-state index is -0.256. The van der Waals surface area contributed by atoms with Gasteiger partial charge < -0.3 is 10.6 Å². The number of urea groups is 1. The third-order valence-corrected chi connectivity index (χ3v) is 4.57. The quantitative estimate of drug-likeness (QED) is 0.651. The van der Waals surface area contributed by atoms with Crippen LogP contribution in [-0.2, 0) is 18.5 Å². The van der Waals surface area contributed by atoms with Crippen molar-refractivity contribution >= 4 is 17.8 Å². The molecule has 1 aromatic heterocycles. The van der Waals surface area contributed by atoms with Crippen molar-refractivity contribution in [2.45, 2.75) is 59.2 Å². The maximum absolute atomic E-state index is 12.6. The number of hydrogen-bond acceptors (Lipinski definition) is 4. The fourth-order valence-electron chi connectivity index (χ4n) is 3.06. The highest BCUT2D eigenvalue weighted by atomic mass is 16.2. The summed E-state index contributed by atoms with van der Waals surface area (Å²) in [5.41, 5.74) is 6.28. The molecule has 2 heterocycles. The number of rotatable bonds is 4. The molecule has 0 radical (unpaired) electrons. The Bertz CT molecular complexity index is 864. The third-order valence-electron chi connectivity index (χ3n) is 4.57. The van der Waals surface area contributed by atoms with Gasteiger partial charge in [-0.15, -0.1) is 0 Å². The second kappa shape index (κ2) is 7.63. The van der Waals surface area contributed by atoms with E-state index in [2.05, 4.69) is 47.0 Å². The number of anilines is 1. The van der Waals surface area contributed by atoms with Gasteiger partial charge in [0.05, 0.1) is 12.2 Å². The summed E-state index contributed by atoms with van der Waals surface area (Å²) in [4.78, 5) is 24.5. The lowest BCUT2D eigenvalue weighted by molar-refractivity contribution is 0.102. The van der Waals surface area contributed by atoms with E-state index in [4.69, 9.17) is 0 Å². The van der Waals surface area contributed by atoms with Crippen LogP contribution in [0.5, 0.6) is 0 Å². The van der Waals surface area contributed by atoms with Gasteiger partial charge in [0.1, 0.15) is 5.82 Å². The maximum Gasteiger partial charge on any atom is 0.329 e. The average Bonchev–Trinajstić information content (AvgIpc) is 3.14. The van der Waals surface area contributed by atoms with E-state index in [9.17, 15) is 9.59 Å². The molecule has 0 saturated heterocycles. The zero-order chi connectivity index (χ0) is 20.5. The summed E-state index contributed by atoms with van der Waals surface area (Å²) in [6, 6.07) is 7.41. The van der Waals surface area contributed by atoms with E-state index < -0.39 is 0 Å². The van der Waals surface area contributed by atoms with Crippen molar-refractivity contribution < 1.29 is 9.59 Å². The van der Waals surface area contributed by atoms with Crippen molar-refractivity contribution in [3.05, 3.63) is 46.6 Å². The molecule has 1 aliphatic rings. The monoisotopic (exact) mass is 384 g/mol. The average molecular weight is 384 g/mol. The predicted molar refractivity (Wildman–Crippen MR) is 108 cm³/mol. The number of nitrogens with one attached hydrogen (secondary N) is 4. The minimum Gasteiger partial charge on any atom is -0.335 e. The first-order valence-electron chi connectivity index (χ1n) is 9.43. The summed E-state index contributed by atoms with van der Waals surface area (Å²) in [5.74, 6) is 0.365. The highest BCUT2D eigenvalue weighted by Gasteiger charge is 2.27. The van der Waals surface area contributed by atoms with Gasteiger partial charge in [-0.05, 0) is 37.0 Å². The number of H-pyrrole nitrogens is 1. The molecule has 0 aliphatic carbocycles. The SMILES string of the molecule is CC(C)NC(=O)NN1Cc2n[nH]c(NC(=O)c3ccc(C(C)(C)C)cc3)c2C1. The van der Waals surface area contributed by atoms with Crippen LogP contribution >= 0.6 is 0 Å². The molecule has 0 spiro atoms. The first-order valence-corrected chi connectivity index (χ1v) is 9.43. The van der Waals surface area contributed by atoms with Crippen molar-refractivity contribution in [2.24, 2.45) is 0 Å². The van der Waals surface area contributed by atoms with Crippen LogP contribution in [0.25, 0.3) is 0 Å². The molecule has 0 atom stereocenters.